The van der Waals surface area contributed by atoms with Crippen LogP contribution in [-0.2, 0) is 19.6 Å². The summed E-state index contributed by atoms with van der Waals surface area (Å²) >= 11 is 0. The smallest absolute Gasteiger partial charge is 0.241 e. The van der Waals surface area contributed by atoms with Crippen molar-refractivity contribution in [3.05, 3.63) is 30.1 Å². The summed E-state index contributed by atoms with van der Waals surface area (Å²) in [6.07, 6.45) is 0.344. The van der Waals surface area contributed by atoms with Gasteiger partial charge in [0, 0.05) is 0 Å². The van der Waals surface area contributed by atoms with Crippen LogP contribution in [0.4, 0.5) is 4.39 Å². The number of hydrogen-bond donors (Lipinski definition) is 3. The quantitative estimate of drug-likeness (QED) is 0.589. The van der Waals surface area contributed by atoms with Gasteiger partial charge in [0.25, 0.3) is 0 Å². The fourth-order valence-corrected chi connectivity index (χ4v) is 3.66. The van der Waals surface area contributed by atoms with Gasteiger partial charge in [-0.15, -0.1) is 0 Å². The molecule has 0 spiro atoms. The summed E-state index contributed by atoms with van der Waals surface area (Å²) in [4.78, 5) is 23.9. The third-order valence-electron chi connectivity index (χ3n) is 3.72. The van der Waals surface area contributed by atoms with Crippen LogP contribution in [0.1, 0.15) is 34.1 Å². The van der Waals surface area contributed by atoms with Crippen molar-refractivity contribution < 1.29 is 22.4 Å². The van der Waals surface area contributed by atoms with Crippen molar-refractivity contribution in [3.63, 3.8) is 0 Å². The average molecular weight is 387 g/mol. The minimum Gasteiger partial charge on any atom is -0.368 e. The first kappa shape index (κ1) is 22.0. The molecule has 1 aromatic rings. The first-order valence-corrected chi connectivity index (χ1v) is 9.80. The largest absolute Gasteiger partial charge is 0.368 e. The van der Waals surface area contributed by atoms with E-state index in [0.717, 1.165) is 24.3 Å². The van der Waals surface area contributed by atoms with Crippen LogP contribution < -0.4 is 15.8 Å². The lowest BCUT2D eigenvalue weighted by Gasteiger charge is -2.25. The van der Waals surface area contributed by atoms with Gasteiger partial charge in [0.05, 0.1) is 4.90 Å². The molecule has 0 unspecified atom stereocenters. The van der Waals surface area contributed by atoms with Crippen LogP contribution in [0.2, 0.25) is 0 Å². The molecular weight excluding hydrogens is 361 g/mol. The Morgan fingerprint density at radius 3 is 2.08 bits per heavy atom. The molecule has 0 fully saturated rings. The minimum atomic E-state index is -4.04. The van der Waals surface area contributed by atoms with Crippen molar-refractivity contribution in [1.82, 2.24) is 10.0 Å². The zero-order valence-corrected chi connectivity index (χ0v) is 16.1. The number of nitrogens with two attached hydrogens (primary N) is 1. The number of benzene rings is 1. The van der Waals surface area contributed by atoms with E-state index in [9.17, 15) is 22.4 Å². The van der Waals surface area contributed by atoms with Gasteiger partial charge in [-0.25, -0.2) is 12.8 Å². The number of nitrogens with one attached hydrogen (secondary N) is 2. The molecule has 7 nitrogen and oxygen atoms in total. The van der Waals surface area contributed by atoms with Gasteiger partial charge < -0.3 is 11.1 Å². The highest BCUT2D eigenvalue weighted by molar-refractivity contribution is 7.89. The summed E-state index contributed by atoms with van der Waals surface area (Å²) < 4.78 is 40.2. The molecule has 146 valence electrons. The molecule has 0 heterocycles. The predicted molar refractivity (Wildman–Crippen MR) is 95.9 cm³/mol. The molecule has 1 rings (SSSR count). The van der Waals surface area contributed by atoms with Gasteiger partial charge in [-0.1, -0.05) is 27.7 Å². The lowest BCUT2D eigenvalue weighted by atomic mass is 10.0. The number of sulfonamides is 1. The van der Waals surface area contributed by atoms with Crippen molar-refractivity contribution in [2.75, 3.05) is 0 Å². The standard InChI is InChI=1S/C17H26FN3O4S/c1-10(2)9-14(16(19)22)20-17(23)15(11(3)4)21-26(24,25)13-7-5-12(18)6-8-13/h5-8,10-11,14-15,21H,9H2,1-4H3,(H2,19,22)(H,20,23)/t14-,15-/m0/s1. The van der Waals surface area contributed by atoms with Gasteiger partial charge in [-0.05, 0) is 42.5 Å². The topological polar surface area (TPSA) is 118 Å². The van der Waals surface area contributed by atoms with E-state index in [4.69, 9.17) is 5.73 Å². The van der Waals surface area contributed by atoms with E-state index in [-0.39, 0.29) is 10.8 Å². The Bertz CT molecular complexity index is 733. The van der Waals surface area contributed by atoms with Gasteiger partial charge in [0.15, 0.2) is 0 Å². The highest BCUT2D eigenvalue weighted by atomic mass is 32.2. The number of primary amides is 1. The van der Waals surface area contributed by atoms with E-state index in [1.165, 1.54) is 0 Å². The molecule has 0 aromatic heterocycles. The molecule has 0 aliphatic carbocycles. The first-order chi connectivity index (χ1) is 11.9. The van der Waals surface area contributed by atoms with Crippen LogP contribution in [0.15, 0.2) is 29.2 Å². The summed E-state index contributed by atoms with van der Waals surface area (Å²) in [6, 6.07) is 2.25. The van der Waals surface area contributed by atoms with Crippen molar-refractivity contribution >= 4 is 21.8 Å². The maximum Gasteiger partial charge on any atom is 0.241 e. The van der Waals surface area contributed by atoms with E-state index in [0.29, 0.717) is 6.42 Å². The van der Waals surface area contributed by atoms with Crippen LogP contribution >= 0.6 is 0 Å². The Morgan fingerprint density at radius 2 is 1.65 bits per heavy atom. The zero-order valence-electron chi connectivity index (χ0n) is 15.3. The lowest BCUT2D eigenvalue weighted by Crippen LogP contribution is -2.54. The Labute approximate surface area is 153 Å². The molecule has 0 aliphatic rings. The van der Waals surface area contributed by atoms with Crippen LogP contribution in [0, 0.1) is 17.7 Å². The number of hydrogen-bond acceptors (Lipinski definition) is 4. The summed E-state index contributed by atoms with van der Waals surface area (Å²) in [6.45, 7) is 7.08. The van der Waals surface area contributed by atoms with Gasteiger partial charge in [0.1, 0.15) is 17.9 Å². The number of rotatable bonds is 9. The van der Waals surface area contributed by atoms with Gasteiger partial charge in [-0.3, -0.25) is 9.59 Å². The van der Waals surface area contributed by atoms with E-state index < -0.39 is 45.7 Å². The molecule has 2 amide bonds. The third-order valence-corrected chi connectivity index (χ3v) is 5.18. The summed E-state index contributed by atoms with van der Waals surface area (Å²) in [5, 5.41) is 2.51. The van der Waals surface area contributed by atoms with Crippen molar-refractivity contribution in [3.8, 4) is 0 Å². The Kier molecular flexibility index (Phi) is 7.70. The van der Waals surface area contributed by atoms with Crippen LogP contribution in [0.25, 0.3) is 0 Å². The summed E-state index contributed by atoms with van der Waals surface area (Å²) in [7, 11) is -4.04. The molecule has 2 atom stereocenters. The van der Waals surface area contributed by atoms with Gasteiger partial charge in [-0.2, -0.15) is 4.72 Å². The lowest BCUT2D eigenvalue weighted by molar-refractivity contribution is -0.129. The first-order valence-electron chi connectivity index (χ1n) is 8.31. The highest BCUT2D eigenvalue weighted by Crippen LogP contribution is 2.13. The minimum absolute atomic E-state index is 0.112. The zero-order chi connectivity index (χ0) is 20.1. The van der Waals surface area contributed by atoms with Crippen molar-refractivity contribution in [2.24, 2.45) is 17.6 Å². The Morgan fingerprint density at radius 1 is 1.12 bits per heavy atom. The second kappa shape index (κ2) is 9.09. The molecule has 0 bridgehead atoms. The second-order valence-corrected chi connectivity index (χ2v) is 8.60. The normalized spacial score (nSPS) is 14.3. The number of carbonyl (C=O) groups is 2. The maximum atomic E-state index is 13.0. The van der Waals surface area contributed by atoms with Crippen molar-refractivity contribution in [2.45, 2.75) is 51.1 Å². The average Bonchev–Trinajstić information content (AvgIpc) is 2.51. The molecule has 0 saturated heterocycles. The predicted octanol–water partition coefficient (Wildman–Crippen LogP) is 1.14. The van der Waals surface area contributed by atoms with E-state index >= 15 is 0 Å². The molecule has 0 radical (unpaired) electrons. The Hall–Kier alpha value is -2.00. The Balaban J connectivity index is 2.98. The summed E-state index contributed by atoms with van der Waals surface area (Å²) in [5.74, 6) is -2.18. The molecule has 9 heteroatoms. The second-order valence-electron chi connectivity index (χ2n) is 6.89. The van der Waals surface area contributed by atoms with Crippen molar-refractivity contribution in [1.29, 1.82) is 0 Å². The number of halogens is 1. The van der Waals surface area contributed by atoms with E-state index in [1.807, 2.05) is 13.8 Å². The van der Waals surface area contributed by atoms with E-state index in [2.05, 4.69) is 10.0 Å². The molecule has 1 aromatic carbocycles. The van der Waals surface area contributed by atoms with Crippen LogP contribution in [0.3, 0.4) is 0 Å². The fraction of sp³-hybridized carbons (Fsp3) is 0.529. The third kappa shape index (κ3) is 6.38. The van der Waals surface area contributed by atoms with E-state index in [1.54, 1.807) is 13.8 Å². The SMILES string of the molecule is CC(C)C[C@H](NC(=O)[C@@H](NS(=O)(=O)c1ccc(F)cc1)C(C)C)C(N)=O. The molecule has 4 N–H and O–H groups in total. The molecule has 0 saturated carbocycles. The number of amides is 2. The van der Waals surface area contributed by atoms with Crippen LogP contribution in [0.5, 0.6) is 0 Å². The molecule has 0 aliphatic heterocycles. The molecular formula is C17H26FN3O4S. The fourth-order valence-electron chi connectivity index (χ4n) is 2.32. The van der Waals surface area contributed by atoms with Gasteiger partial charge in [0.2, 0.25) is 21.8 Å². The van der Waals surface area contributed by atoms with Gasteiger partial charge >= 0.3 is 0 Å². The molecule has 26 heavy (non-hydrogen) atoms. The monoisotopic (exact) mass is 387 g/mol. The highest BCUT2D eigenvalue weighted by Gasteiger charge is 2.31. The maximum absolute atomic E-state index is 13.0. The summed E-state index contributed by atoms with van der Waals surface area (Å²) in [5.41, 5.74) is 5.31. The number of carbonyl (C=O) groups excluding carboxylic acids is 2. The van der Waals surface area contributed by atoms with Crippen LogP contribution in [-0.4, -0.2) is 32.3 Å².